The van der Waals surface area contributed by atoms with Crippen LogP contribution in [0.2, 0.25) is 10.0 Å². The standard InChI is InChI=1S/C18H15Cl2NO4S/c1-11-8-12-9-14(10-16(20)18(12)25-11)21-17(22)6-7-26(23,24)15-4-2-13(19)3-5-15/h2-5,8-10H,6-7H2,1H3,(H,21,22). The minimum absolute atomic E-state index is 0.132. The van der Waals surface area contributed by atoms with Crippen molar-refractivity contribution in [2.24, 2.45) is 0 Å². The van der Waals surface area contributed by atoms with Crippen LogP contribution in [0.25, 0.3) is 11.0 Å². The maximum absolute atomic E-state index is 12.3. The Hall–Kier alpha value is -2.02. The molecule has 0 unspecified atom stereocenters. The average molecular weight is 412 g/mol. The summed E-state index contributed by atoms with van der Waals surface area (Å²) in [5.41, 5.74) is 1.03. The molecule has 0 aliphatic rings. The van der Waals surface area contributed by atoms with Crippen molar-refractivity contribution in [1.29, 1.82) is 0 Å². The van der Waals surface area contributed by atoms with E-state index in [0.29, 0.717) is 27.1 Å². The summed E-state index contributed by atoms with van der Waals surface area (Å²) in [5.74, 6) is -0.0149. The van der Waals surface area contributed by atoms with E-state index in [0.717, 1.165) is 5.39 Å². The van der Waals surface area contributed by atoms with Crippen LogP contribution in [-0.4, -0.2) is 20.1 Å². The zero-order chi connectivity index (χ0) is 18.9. The van der Waals surface area contributed by atoms with Gasteiger partial charge in [0.1, 0.15) is 5.76 Å². The molecule has 1 heterocycles. The fourth-order valence-electron chi connectivity index (χ4n) is 2.52. The number of amides is 1. The van der Waals surface area contributed by atoms with Gasteiger partial charge < -0.3 is 9.73 Å². The maximum atomic E-state index is 12.3. The molecule has 0 saturated heterocycles. The molecule has 0 aliphatic heterocycles. The Balaban J connectivity index is 1.68. The van der Waals surface area contributed by atoms with Crippen LogP contribution in [0.1, 0.15) is 12.2 Å². The van der Waals surface area contributed by atoms with Crippen molar-refractivity contribution in [2.75, 3.05) is 11.1 Å². The molecule has 1 N–H and O–H groups in total. The van der Waals surface area contributed by atoms with Gasteiger partial charge in [0.15, 0.2) is 15.4 Å². The minimum atomic E-state index is -3.56. The van der Waals surface area contributed by atoms with Crippen LogP contribution in [0.15, 0.2) is 51.8 Å². The second-order valence-electron chi connectivity index (χ2n) is 5.80. The SMILES string of the molecule is Cc1cc2cc(NC(=O)CCS(=O)(=O)c3ccc(Cl)cc3)cc(Cl)c2o1. The fraction of sp³-hybridized carbons (Fsp3) is 0.167. The summed E-state index contributed by atoms with van der Waals surface area (Å²) in [5, 5.41) is 4.25. The number of benzene rings is 2. The van der Waals surface area contributed by atoms with E-state index in [4.69, 9.17) is 27.6 Å². The summed E-state index contributed by atoms with van der Waals surface area (Å²) in [6.07, 6.45) is -0.176. The number of carbonyl (C=O) groups excluding carboxylic acids is 1. The molecule has 0 bridgehead atoms. The molecule has 0 aliphatic carbocycles. The second-order valence-corrected chi connectivity index (χ2v) is 8.76. The van der Waals surface area contributed by atoms with Gasteiger partial charge in [0, 0.05) is 22.5 Å². The van der Waals surface area contributed by atoms with Crippen LogP contribution >= 0.6 is 23.2 Å². The van der Waals surface area contributed by atoms with Crippen LogP contribution in [0.4, 0.5) is 5.69 Å². The van der Waals surface area contributed by atoms with Crippen molar-refractivity contribution in [3.63, 3.8) is 0 Å². The maximum Gasteiger partial charge on any atom is 0.225 e. The molecule has 1 amide bonds. The molecule has 26 heavy (non-hydrogen) atoms. The van der Waals surface area contributed by atoms with Gasteiger partial charge in [-0.05, 0) is 49.4 Å². The number of carbonyl (C=O) groups is 1. The highest BCUT2D eigenvalue weighted by Gasteiger charge is 2.17. The summed E-state index contributed by atoms with van der Waals surface area (Å²) < 4.78 is 30.0. The van der Waals surface area contributed by atoms with E-state index in [1.807, 2.05) is 6.07 Å². The van der Waals surface area contributed by atoms with Gasteiger partial charge in [-0.3, -0.25) is 4.79 Å². The van der Waals surface area contributed by atoms with Crippen LogP contribution < -0.4 is 5.32 Å². The normalized spacial score (nSPS) is 11.7. The molecule has 3 rings (SSSR count). The highest BCUT2D eigenvalue weighted by Crippen LogP contribution is 2.30. The molecule has 5 nitrogen and oxygen atoms in total. The van der Waals surface area contributed by atoms with Crippen molar-refractivity contribution in [3.8, 4) is 0 Å². The first-order chi connectivity index (χ1) is 12.2. The van der Waals surface area contributed by atoms with Gasteiger partial charge in [-0.2, -0.15) is 0 Å². The van der Waals surface area contributed by atoms with Crippen molar-refractivity contribution >= 4 is 55.6 Å². The van der Waals surface area contributed by atoms with E-state index < -0.39 is 15.7 Å². The topological polar surface area (TPSA) is 76.4 Å². The zero-order valence-corrected chi connectivity index (χ0v) is 16.1. The van der Waals surface area contributed by atoms with Crippen LogP contribution in [-0.2, 0) is 14.6 Å². The van der Waals surface area contributed by atoms with Gasteiger partial charge in [-0.15, -0.1) is 0 Å². The molecule has 8 heteroatoms. The number of anilines is 1. The predicted octanol–water partition coefficient (Wildman–Crippen LogP) is 4.85. The van der Waals surface area contributed by atoms with Crippen molar-refractivity contribution in [2.45, 2.75) is 18.2 Å². The molecule has 1 aromatic heterocycles. The van der Waals surface area contributed by atoms with Crippen molar-refractivity contribution in [1.82, 2.24) is 0 Å². The smallest absolute Gasteiger partial charge is 0.225 e. The lowest BCUT2D eigenvalue weighted by atomic mass is 10.2. The Morgan fingerprint density at radius 3 is 2.50 bits per heavy atom. The number of fused-ring (bicyclic) bond motifs is 1. The first-order valence-electron chi connectivity index (χ1n) is 7.72. The quantitative estimate of drug-likeness (QED) is 0.650. The predicted molar refractivity (Wildman–Crippen MR) is 103 cm³/mol. The Morgan fingerprint density at radius 2 is 1.81 bits per heavy atom. The first kappa shape index (κ1) is 18.8. The number of halogens is 2. The summed E-state index contributed by atoms with van der Waals surface area (Å²) in [7, 11) is -3.56. The van der Waals surface area contributed by atoms with Gasteiger partial charge in [0.25, 0.3) is 0 Å². The van der Waals surface area contributed by atoms with Gasteiger partial charge >= 0.3 is 0 Å². The lowest BCUT2D eigenvalue weighted by Gasteiger charge is -2.07. The van der Waals surface area contributed by atoms with E-state index in [1.165, 1.54) is 24.3 Å². The van der Waals surface area contributed by atoms with Crippen molar-refractivity contribution < 1.29 is 17.6 Å². The molecular weight excluding hydrogens is 397 g/mol. The molecule has 136 valence electrons. The number of sulfone groups is 1. The summed E-state index contributed by atoms with van der Waals surface area (Å²) in [4.78, 5) is 12.3. The van der Waals surface area contributed by atoms with Gasteiger partial charge in [-0.1, -0.05) is 23.2 Å². The molecule has 0 atom stereocenters. The molecule has 3 aromatic rings. The number of furan rings is 1. The van der Waals surface area contributed by atoms with Crippen molar-refractivity contribution in [3.05, 3.63) is 58.3 Å². The van der Waals surface area contributed by atoms with E-state index in [-0.39, 0.29) is 17.1 Å². The van der Waals surface area contributed by atoms with E-state index in [2.05, 4.69) is 5.32 Å². The third-order valence-corrected chi connectivity index (χ3v) is 6.01. The molecule has 0 radical (unpaired) electrons. The number of aryl methyl sites for hydroxylation is 1. The van der Waals surface area contributed by atoms with E-state index >= 15 is 0 Å². The lowest BCUT2D eigenvalue weighted by molar-refractivity contribution is -0.115. The van der Waals surface area contributed by atoms with Gasteiger partial charge in [-0.25, -0.2) is 8.42 Å². The van der Waals surface area contributed by atoms with Crippen LogP contribution in [0, 0.1) is 6.92 Å². The Labute approximate surface area is 160 Å². The van der Waals surface area contributed by atoms with Gasteiger partial charge in [0.2, 0.25) is 5.91 Å². The number of hydrogen-bond acceptors (Lipinski definition) is 4. The van der Waals surface area contributed by atoms with Gasteiger partial charge in [0.05, 0.1) is 15.7 Å². The average Bonchev–Trinajstić information content (AvgIpc) is 2.94. The summed E-state index contributed by atoms with van der Waals surface area (Å²) >= 11 is 11.9. The van der Waals surface area contributed by atoms with E-state index in [9.17, 15) is 13.2 Å². The third-order valence-electron chi connectivity index (χ3n) is 3.75. The molecule has 0 saturated carbocycles. The first-order valence-corrected chi connectivity index (χ1v) is 10.1. The molecular formula is C18H15Cl2NO4S. The van der Waals surface area contributed by atoms with Crippen LogP contribution in [0.5, 0.6) is 0 Å². The highest BCUT2D eigenvalue weighted by atomic mass is 35.5. The number of rotatable bonds is 5. The fourth-order valence-corrected chi connectivity index (χ4v) is 4.15. The number of hydrogen-bond donors (Lipinski definition) is 1. The highest BCUT2D eigenvalue weighted by molar-refractivity contribution is 7.91. The molecule has 0 spiro atoms. The Bertz CT molecular complexity index is 1070. The lowest BCUT2D eigenvalue weighted by Crippen LogP contribution is -2.17. The summed E-state index contributed by atoms with van der Waals surface area (Å²) in [6.45, 7) is 1.80. The Kier molecular flexibility index (Phi) is 5.27. The largest absolute Gasteiger partial charge is 0.460 e. The molecule has 2 aromatic carbocycles. The molecule has 0 fully saturated rings. The van der Waals surface area contributed by atoms with Crippen LogP contribution in [0.3, 0.4) is 0 Å². The second kappa shape index (κ2) is 7.31. The van der Waals surface area contributed by atoms with E-state index in [1.54, 1.807) is 19.1 Å². The number of nitrogens with one attached hydrogen (secondary N) is 1. The monoisotopic (exact) mass is 411 g/mol. The summed E-state index contributed by atoms with van der Waals surface area (Å²) in [6, 6.07) is 10.9. The Morgan fingerprint density at radius 1 is 1.12 bits per heavy atom. The third kappa shape index (κ3) is 4.20. The minimum Gasteiger partial charge on any atom is -0.460 e. The zero-order valence-electron chi connectivity index (χ0n) is 13.8.